The van der Waals surface area contributed by atoms with E-state index in [1.54, 1.807) is 0 Å². The molecule has 3 aromatic carbocycles. The molecule has 5 nitrogen and oxygen atoms in total. The molecule has 2 fully saturated rings. The molecule has 1 unspecified atom stereocenters. The molecule has 1 heterocycles. The van der Waals surface area contributed by atoms with E-state index in [4.69, 9.17) is 9.47 Å². The molecule has 1 N–H and O–H groups in total. The van der Waals surface area contributed by atoms with Gasteiger partial charge in [-0.15, -0.1) is 0 Å². The molecule has 3 aromatic rings. The Labute approximate surface area is 213 Å². The Hall–Kier alpha value is -2.83. The predicted octanol–water partition coefficient (Wildman–Crippen LogP) is 4.97. The highest BCUT2D eigenvalue weighted by atomic mass is 16.5. The van der Waals surface area contributed by atoms with E-state index in [0.29, 0.717) is 26.2 Å². The van der Waals surface area contributed by atoms with Gasteiger partial charge in [0.1, 0.15) is 6.29 Å². The maximum atomic E-state index is 11.2. The van der Waals surface area contributed by atoms with Gasteiger partial charge in [0.05, 0.1) is 32.0 Å². The first-order valence-corrected chi connectivity index (χ1v) is 13.0. The first kappa shape index (κ1) is 24.8. The predicted molar refractivity (Wildman–Crippen MR) is 141 cm³/mol. The second-order valence-corrected chi connectivity index (χ2v) is 9.86. The number of aldehydes is 1. The van der Waals surface area contributed by atoms with Crippen LogP contribution in [0.2, 0.25) is 0 Å². The number of morpholine rings is 1. The van der Waals surface area contributed by atoms with Gasteiger partial charge in [-0.2, -0.15) is 0 Å². The summed E-state index contributed by atoms with van der Waals surface area (Å²) in [4.78, 5) is 13.3. The third-order valence-electron chi connectivity index (χ3n) is 7.61. The minimum atomic E-state index is -0.554. The Morgan fingerprint density at radius 1 is 0.861 bits per heavy atom. The van der Waals surface area contributed by atoms with E-state index < -0.39 is 6.10 Å². The molecule has 4 atom stereocenters. The SMILES string of the molecule is O=CCC[C@@H]1CC(OCc2ccc(-c3ccc(-c4ccccc4)cc3)cc2)[C@H](O)[C@H]1N1CCOCC1. The minimum Gasteiger partial charge on any atom is -0.389 e. The summed E-state index contributed by atoms with van der Waals surface area (Å²) in [5.41, 5.74) is 5.86. The van der Waals surface area contributed by atoms with E-state index in [9.17, 15) is 9.90 Å². The summed E-state index contributed by atoms with van der Waals surface area (Å²) in [5, 5.41) is 11.2. The van der Waals surface area contributed by atoms with E-state index in [0.717, 1.165) is 37.8 Å². The Kier molecular flexibility index (Phi) is 8.24. The van der Waals surface area contributed by atoms with Crippen LogP contribution in [0.15, 0.2) is 78.9 Å². The fourth-order valence-corrected chi connectivity index (χ4v) is 5.69. The van der Waals surface area contributed by atoms with Gasteiger partial charge in [0, 0.05) is 25.6 Å². The van der Waals surface area contributed by atoms with E-state index in [-0.39, 0.29) is 18.1 Å². The van der Waals surface area contributed by atoms with Crippen LogP contribution in [0.1, 0.15) is 24.8 Å². The van der Waals surface area contributed by atoms with Crippen molar-refractivity contribution in [2.24, 2.45) is 5.92 Å². The molecule has 36 heavy (non-hydrogen) atoms. The Morgan fingerprint density at radius 2 is 1.44 bits per heavy atom. The van der Waals surface area contributed by atoms with Crippen molar-refractivity contribution in [3.05, 3.63) is 84.4 Å². The number of rotatable bonds is 9. The molecule has 5 rings (SSSR count). The van der Waals surface area contributed by atoms with Crippen molar-refractivity contribution >= 4 is 6.29 Å². The van der Waals surface area contributed by atoms with Gasteiger partial charge in [0.25, 0.3) is 0 Å². The number of carbonyl (C=O) groups is 1. The van der Waals surface area contributed by atoms with E-state index in [1.807, 2.05) is 6.07 Å². The summed E-state index contributed by atoms with van der Waals surface area (Å²) in [6, 6.07) is 27.5. The summed E-state index contributed by atoms with van der Waals surface area (Å²) in [6.07, 6.45) is 2.30. The summed E-state index contributed by atoms with van der Waals surface area (Å²) in [7, 11) is 0. The van der Waals surface area contributed by atoms with Gasteiger partial charge < -0.3 is 19.4 Å². The number of aliphatic hydroxyl groups is 1. The average molecular weight is 486 g/mol. The first-order chi connectivity index (χ1) is 17.7. The van der Waals surface area contributed by atoms with Crippen molar-refractivity contribution in [1.29, 1.82) is 0 Å². The number of benzene rings is 3. The molecular formula is C31H35NO4. The van der Waals surface area contributed by atoms with Crippen molar-refractivity contribution in [2.75, 3.05) is 26.3 Å². The zero-order valence-corrected chi connectivity index (χ0v) is 20.7. The van der Waals surface area contributed by atoms with Crippen molar-refractivity contribution in [2.45, 2.75) is 44.1 Å². The Bertz CT molecular complexity index is 1090. The monoisotopic (exact) mass is 485 g/mol. The third kappa shape index (κ3) is 5.76. The smallest absolute Gasteiger partial charge is 0.120 e. The molecule has 188 valence electrons. The van der Waals surface area contributed by atoms with Gasteiger partial charge in [0.2, 0.25) is 0 Å². The van der Waals surface area contributed by atoms with Crippen molar-refractivity contribution in [1.82, 2.24) is 4.90 Å². The van der Waals surface area contributed by atoms with Gasteiger partial charge in [-0.3, -0.25) is 4.90 Å². The van der Waals surface area contributed by atoms with Crippen LogP contribution >= 0.6 is 0 Å². The molecule has 1 aliphatic carbocycles. The van der Waals surface area contributed by atoms with Gasteiger partial charge in [-0.05, 0) is 46.6 Å². The van der Waals surface area contributed by atoms with Crippen molar-refractivity contribution in [3.63, 3.8) is 0 Å². The molecule has 1 saturated heterocycles. The lowest BCUT2D eigenvalue weighted by atomic mass is 9.95. The molecule has 1 saturated carbocycles. The quantitative estimate of drug-likeness (QED) is 0.434. The average Bonchev–Trinajstić information content (AvgIpc) is 3.26. The highest BCUT2D eigenvalue weighted by Crippen LogP contribution is 2.36. The van der Waals surface area contributed by atoms with Crippen LogP contribution in [0.25, 0.3) is 22.3 Å². The third-order valence-corrected chi connectivity index (χ3v) is 7.61. The molecule has 2 aliphatic rings. The van der Waals surface area contributed by atoms with Gasteiger partial charge >= 0.3 is 0 Å². The number of nitrogens with zero attached hydrogens (tertiary/aromatic N) is 1. The van der Waals surface area contributed by atoms with Crippen LogP contribution < -0.4 is 0 Å². The van der Waals surface area contributed by atoms with Gasteiger partial charge in [0.15, 0.2) is 0 Å². The van der Waals surface area contributed by atoms with Crippen LogP contribution in [-0.2, 0) is 20.9 Å². The molecule has 5 heteroatoms. The van der Waals surface area contributed by atoms with Crippen LogP contribution in [0.5, 0.6) is 0 Å². The lowest BCUT2D eigenvalue weighted by Gasteiger charge is -2.37. The lowest BCUT2D eigenvalue weighted by Crippen LogP contribution is -2.51. The highest BCUT2D eigenvalue weighted by Gasteiger charge is 2.45. The maximum absolute atomic E-state index is 11.2. The molecule has 0 spiro atoms. The fraction of sp³-hybridized carbons (Fsp3) is 0.387. The summed E-state index contributed by atoms with van der Waals surface area (Å²) in [5.74, 6) is 0.259. The molecular weight excluding hydrogens is 450 g/mol. The largest absolute Gasteiger partial charge is 0.389 e. The number of carbonyl (C=O) groups excluding carboxylic acids is 1. The molecule has 0 amide bonds. The fourth-order valence-electron chi connectivity index (χ4n) is 5.69. The summed E-state index contributed by atoms with van der Waals surface area (Å²) >= 11 is 0. The molecule has 0 bridgehead atoms. The van der Waals surface area contributed by atoms with Crippen molar-refractivity contribution in [3.8, 4) is 22.3 Å². The van der Waals surface area contributed by atoms with Crippen molar-refractivity contribution < 1.29 is 19.4 Å². The number of ether oxygens (including phenoxy) is 2. The van der Waals surface area contributed by atoms with E-state index >= 15 is 0 Å². The Balaban J connectivity index is 1.20. The summed E-state index contributed by atoms with van der Waals surface area (Å²) in [6.45, 7) is 3.48. The van der Waals surface area contributed by atoms with E-state index in [1.165, 1.54) is 22.3 Å². The van der Waals surface area contributed by atoms with Crippen LogP contribution in [-0.4, -0.2) is 60.8 Å². The normalized spacial score (nSPS) is 24.6. The number of hydrogen-bond donors (Lipinski definition) is 1. The zero-order chi connectivity index (χ0) is 24.7. The number of hydrogen-bond acceptors (Lipinski definition) is 5. The Morgan fingerprint density at radius 3 is 2.06 bits per heavy atom. The molecule has 0 aromatic heterocycles. The minimum absolute atomic E-state index is 0.0279. The van der Waals surface area contributed by atoms with Gasteiger partial charge in [-0.25, -0.2) is 0 Å². The van der Waals surface area contributed by atoms with Crippen LogP contribution in [0, 0.1) is 5.92 Å². The van der Waals surface area contributed by atoms with E-state index in [2.05, 4.69) is 77.7 Å². The first-order valence-electron chi connectivity index (χ1n) is 13.0. The topological polar surface area (TPSA) is 59.0 Å². The highest BCUT2D eigenvalue weighted by molar-refractivity contribution is 5.70. The lowest BCUT2D eigenvalue weighted by molar-refractivity contribution is -0.108. The standard InChI is InChI=1S/C31H35NO4/c33-18-4-7-28-21-29(31(34)30(28)32-16-19-35-20-17-32)36-22-23-8-10-25(11-9-23)27-14-12-26(13-15-27)24-5-2-1-3-6-24/h1-3,5-6,8-15,18,28-31,34H,4,7,16-17,19-22H2/t28-,29?,30+,31+/m1/s1. The second-order valence-electron chi connectivity index (χ2n) is 9.86. The summed E-state index contributed by atoms with van der Waals surface area (Å²) < 4.78 is 11.7. The second kappa shape index (κ2) is 11.9. The maximum Gasteiger partial charge on any atom is 0.120 e. The molecule has 0 radical (unpaired) electrons. The zero-order valence-electron chi connectivity index (χ0n) is 20.7. The number of aliphatic hydroxyl groups excluding tert-OH is 1. The van der Waals surface area contributed by atoms with Crippen LogP contribution in [0.3, 0.4) is 0 Å². The van der Waals surface area contributed by atoms with Gasteiger partial charge in [-0.1, -0.05) is 78.9 Å². The van der Waals surface area contributed by atoms with Crippen LogP contribution in [0.4, 0.5) is 0 Å². The molecule has 1 aliphatic heterocycles.